The van der Waals surface area contributed by atoms with E-state index in [4.69, 9.17) is 4.74 Å². The Hall–Kier alpha value is -1.83. The first-order chi connectivity index (χ1) is 9.61. The monoisotopic (exact) mass is 285 g/mol. The molecule has 0 spiro atoms. The summed E-state index contributed by atoms with van der Waals surface area (Å²) in [7, 11) is 1.77. The lowest BCUT2D eigenvalue weighted by molar-refractivity contribution is 0.00779. The Bertz CT molecular complexity index is 572. The minimum atomic E-state index is -2.49. The maximum atomic E-state index is 12.1. The topological polar surface area (TPSA) is 64.9 Å². The van der Waals surface area contributed by atoms with Crippen LogP contribution in [-0.4, -0.2) is 39.3 Å². The summed E-state index contributed by atoms with van der Waals surface area (Å²) in [6, 6.07) is 0. The third kappa shape index (κ3) is 3.38. The number of halogens is 2. The molecule has 0 fully saturated rings. The second-order valence-electron chi connectivity index (χ2n) is 4.33. The van der Waals surface area contributed by atoms with Crippen LogP contribution < -0.4 is 5.32 Å². The number of hydrogen-bond acceptors (Lipinski definition) is 5. The van der Waals surface area contributed by atoms with Crippen LogP contribution in [0.3, 0.4) is 0 Å². The van der Waals surface area contributed by atoms with E-state index in [1.807, 2.05) is 6.92 Å². The second kappa shape index (κ2) is 6.56. The number of aromatic nitrogens is 4. The zero-order valence-corrected chi connectivity index (χ0v) is 11.4. The molecule has 2 rings (SSSR count). The Kier molecular flexibility index (Phi) is 4.78. The van der Waals surface area contributed by atoms with Gasteiger partial charge in [0.05, 0.1) is 11.6 Å². The van der Waals surface area contributed by atoms with Gasteiger partial charge in [0.25, 0.3) is 6.43 Å². The largest absolute Gasteiger partial charge is 0.369 e. The van der Waals surface area contributed by atoms with E-state index in [2.05, 4.69) is 20.4 Å². The van der Waals surface area contributed by atoms with Crippen molar-refractivity contribution in [3.8, 4) is 0 Å². The Balaban J connectivity index is 2.23. The maximum absolute atomic E-state index is 12.1. The molecule has 0 saturated heterocycles. The summed E-state index contributed by atoms with van der Waals surface area (Å²) in [6.45, 7) is 2.14. The summed E-state index contributed by atoms with van der Waals surface area (Å²) in [6.07, 6.45) is 0.133. The third-order valence-electron chi connectivity index (χ3n) is 2.66. The molecule has 0 amide bonds. The number of nitrogens with one attached hydrogen (secondary N) is 1. The van der Waals surface area contributed by atoms with E-state index in [0.717, 1.165) is 18.4 Å². The molecule has 2 aromatic rings. The quantitative estimate of drug-likeness (QED) is 0.842. The van der Waals surface area contributed by atoms with Gasteiger partial charge >= 0.3 is 0 Å². The van der Waals surface area contributed by atoms with Gasteiger partial charge in [-0.1, -0.05) is 6.92 Å². The lowest BCUT2D eigenvalue weighted by Crippen LogP contribution is -2.10. The Labute approximate surface area is 115 Å². The number of aryl methyl sites for hydroxylation is 1. The van der Waals surface area contributed by atoms with Crippen molar-refractivity contribution in [2.45, 2.75) is 26.4 Å². The maximum Gasteiger partial charge on any atom is 0.261 e. The van der Waals surface area contributed by atoms with Gasteiger partial charge in [-0.25, -0.2) is 18.7 Å². The molecule has 8 heteroatoms. The van der Waals surface area contributed by atoms with Gasteiger partial charge in [0.2, 0.25) is 0 Å². The van der Waals surface area contributed by atoms with Crippen LogP contribution in [0.4, 0.5) is 14.6 Å². The Morgan fingerprint density at radius 3 is 2.90 bits per heavy atom. The molecule has 6 nitrogen and oxygen atoms in total. The minimum Gasteiger partial charge on any atom is -0.369 e. The first-order valence-electron chi connectivity index (χ1n) is 6.40. The molecular formula is C12H17F2N5O. The molecule has 0 atom stereocenters. The molecular weight excluding hydrogens is 268 g/mol. The van der Waals surface area contributed by atoms with Gasteiger partial charge in [0.15, 0.2) is 11.5 Å². The van der Waals surface area contributed by atoms with Gasteiger partial charge in [-0.3, -0.25) is 4.68 Å². The molecule has 0 aliphatic heterocycles. The fourth-order valence-electron chi connectivity index (χ4n) is 1.75. The van der Waals surface area contributed by atoms with Crippen molar-refractivity contribution in [1.82, 2.24) is 19.7 Å². The molecule has 0 unspecified atom stereocenters. The van der Waals surface area contributed by atoms with E-state index < -0.39 is 13.0 Å². The predicted octanol–water partition coefficient (Wildman–Crippen LogP) is 1.97. The Morgan fingerprint density at radius 2 is 2.20 bits per heavy atom. The summed E-state index contributed by atoms with van der Waals surface area (Å²) in [4.78, 5) is 8.58. The highest BCUT2D eigenvalue weighted by atomic mass is 19.3. The fraction of sp³-hybridized carbons (Fsp3) is 0.583. The lowest BCUT2D eigenvalue weighted by atomic mass is 10.3. The number of alkyl halides is 2. The normalized spacial score (nSPS) is 11.4. The number of rotatable bonds is 7. The van der Waals surface area contributed by atoms with E-state index in [9.17, 15) is 8.78 Å². The van der Waals surface area contributed by atoms with Crippen molar-refractivity contribution in [1.29, 1.82) is 0 Å². The summed E-state index contributed by atoms with van der Waals surface area (Å²) in [5, 5.41) is 8.11. The van der Waals surface area contributed by atoms with Crippen LogP contribution in [0.25, 0.3) is 11.0 Å². The van der Waals surface area contributed by atoms with Crippen molar-refractivity contribution < 1.29 is 13.5 Å². The summed E-state index contributed by atoms with van der Waals surface area (Å²) in [5.41, 5.74) is 0.647. The van der Waals surface area contributed by atoms with E-state index in [0.29, 0.717) is 17.3 Å². The predicted molar refractivity (Wildman–Crippen MR) is 70.7 cm³/mol. The first kappa shape index (κ1) is 14.6. The molecule has 1 N–H and O–H groups in total. The molecule has 0 radical (unpaired) electrons. The van der Waals surface area contributed by atoms with Crippen LogP contribution in [0, 0.1) is 0 Å². The smallest absolute Gasteiger partial charge is 0.261 e. The van der Waals surface area contributed by atoms with E-state index in [1.54, 1.807) is 17.9 Å². The highest BCUT2D eigenvalue weighted by Crippen LogP contribution is 2.19. The molecule has 0 aromatic carbocycles. The zero-order valence-electron chi connectivity index (χ0n) is 11.4. The molecule has 2 aromatic heterocycles. The van der Waals surface area contributed by atoms with Crippen LogP contribution in [0.2, 0.25) is 0 Å². The molecule has 2 heterocycles. The van der Waals surface area contributed by atoms with Crippen molar-refractivity contribution in [3.05, 3.63) is 12.0 Å². The van der Waals surface area contributed by atoms with Gasteiger partial charge < -0.3 is 10.1 Å². The SMILES string of the molecule is CCCNc1nc(COCC(F)F)nc2c1cnn2C. The number of fused-ring (bicyclic) bond motifs is 1. The molecule has 20 heavy (non-hydrogen) atoms. The average Bonchev–Trinajstić information content (AvgIpc) is 2.78. The van der Waals surface area contributed by atoms with E-state index in [-0.39, 0.29) is 6.61 Å². The van der Waals surface area contributed by atoms with Crippen molar-refractivity contribution in [2.24, 2.45) is 7.05 Å². The fourth-order valence-corrected chi connectivity index (χ4v) is 1.75. The first-order valence-corrected chi connectivity index (χ1v) is 6.40. The van der Waals surface area contributed by atoms with Gasteiger partial charge in [-0.15, -0.1) is 0 Å². The van der Waals surface area contributed by atoms with Gasteiger partial charge in [0, 0.05) is 13.6 Å². The number of hydrogen-bond donors (Lipinski definition) is 1. The highest BCUT2D eigenvalue weighted by molar-refractivity contribution is 5.86. The lowest BCUT2D eigenvalue weighted by Gasteiger charge is -2.08. The van der Waals surface area contributed by atoms with Crippen molar-refractivity contribution in [3.63, 3.8) is 0 Å². The summed E-state index contributed by atoms with van der Waals surface area (Å²) < 4.78 is 30.6. The van der Waals surface area contributed by atoms with E-state index >= 15 is 0 Å². The standard InChI is InChI=1S/C12H17F2N5O/c1-3-4-15-11-8-5-16-19(2)12(8)18-10(17-11)7-20-6-9(13)14/h5,9H,3-4,6-7H2,1-2H3,(H,15,17,18). The Morgan fingerprint density at radius 1 is 1.40 bits per heavy atom. The van der Waals surface area contributed by atoms with E-state index in [1.165, 1.54) is 0 Å². The zero-order chi connectivity index (χ0) is 14.5. The van der Waals surface area contributed by atoms with Gasteiger partial charge in [-0.05, 0) is 6.42 Å². The van der Waals surface area contributed by atoms with Crippen LogP contribution in [0.5, 0.6) is 0 Å². The minimum absolute atomic E-state index is 0.0493. The van der Waals surface area contributed by atoms with Crippen LogP contribution in [0.15, 0.2) is 6.20 Å². The van der Waals surface area contributed by atoms with Crippen molar-refractivity contribution >= 4 is 16.9 Å². The van der Waals surface area contributed by atoms with Crippen LogP contribution >= 0.6 is 0 Å². The van der Waals surface area contributed by atoms with Gasteiger partial charge in [0.1, 0.15) is 19.0 Å². The second-order valence-corrected chi connectivity index (χ2v) is 4.33. The molecule has 0 saturated carbocycles. The highest BCUT2D eigenvalue weighted by Gasteiger charge is 2.12. The number of ether oxygens (including phenoxy) is 1. The summed E-state index contributed by atoms with van der Waals surface area (Å²) in [5.74, 6) is 1.01. The molecule has 0 aliphatic carbocycles. The van der Waals surface area contributed by atoms with Crippen LogP contribution in [0.1, 0.15) is 19.2 Å². The number of nitrogens with zero attached hydrogens (tertiary/aromatic N) is 4. The summed E-state index contributed by atoms with van der Waals surface area (Å²) >= 11 is 0. The van der Waals surface area contributed by atoms with Gasteiger partial charge in [-0.2, -0.15) is 5.10 Å². The average molecular weight is 285 g/mol. The molecule has 110 valence electrons. The number of anilines is 1. The molecule has 0 bridgehead atoms. The van der Waals surface area contributed by atoms with Crippen molar-refractivity contribution in [2.75, 3.05) is 18.5 Å². The third-order valence-corrected chi connectivity index (χ3v) is 2.66. The molecule has 0 aliphatic rings. The van der Waals surface area contributed by atoms with Crippen LogP contribution in [-0.2, 0) is 18.4 Å².